The highest BCUT2D eigenvalue weighted by Gasteiger charge is 2.38. The van der Waals surface area contributed by atoms with Crippen LogP contribution >= 0.6 is 0 Å². The molecule has 0 spiro atoms. The predicted octanol–water partition coefficient (Wildman–Crippen LogP) is 1.98. The standard InChI is InChI=1S/C22H27N3O4/c1-5-28-22(27)19-17(15-9-7-6-8-10-15)18-16(29-20(19)23)13-14(2)25(21(18)26)12-11-24(3)4/h6-10,13,17H,5,11-12,23H2,1-4H3/t17-/m0/s1. The van der Waals surface area contributed by atoms with E-state index in [-0.39, 0.29) is 23.6 Å². The molecule has 0 bridgehead atoms. The van der Waals surface area contributed by atoms with Crippen LogP contribution in [0.25, 0.3) is 0 Å². The minimum absolute atomic E-state index is 0.0327. The van der Waals surface area contributed by atoms with Gasteiger partial charge < -0.3 is 24.7 Å². The average molecular weight is 397 g/mol. The zero-order valence-corrected chi connectivity index (χ0v) is 17.3. The summed E-state index contributed by atoms with van der Waals surface area (Å²) >= 11 is 0. The summed E-state index contributed by atoms with van der Waals surface area (Å²) in [6.07, 6.45) is 0. The summed E-state index contributed by atoms with van der Waals surface area (Å²) in [5.41, 5.74) is 8.05. The molecule has 1 aliphatic heterocycles. The molecule has 1 aromatic carbocycles. The first kappa shape index (κ1) is 20.7. The summed E-state index contributed by atoms with van der Waals surface area (Å²) in [5.74, 6) is -0.885. The lowest BCUT2D eigenvalue weighted by molar-refractivity contribution is -0.139. The Morgan fingerprint density at radius 3 is 2.59 bits per heavy atom. The molecular formula is C22H27N3O4. The summed E-state index contributed by atoms with van der Waals surface area (Å²) in [4.78, 5) is 28.2. The molecule has 0 radical (unpaired) electrons. The van der Waals surface area contributed by atoms with Crippen molar-refractivity contribution in [3.63, 3.8) is 0 Å². The van der Waals surface area contributed by atoms with Crippen molar-refractivity contribution in [3.8, 4) is 5.75 Å². The molecule has 3 rings (SSSR count). The number of aromatic nitrogens is 1. The van der Waals surface area contributed by atoms with Crippen molar-refractivity contribution in [3.05, 3.63) is 75.0 Å². The van der Waals surface area contributed by atoms with E-state index in [0.29, 0.717) is 24.4 Å². The second-order valence-electron chi connectivity index (χ2n) is 7.27. The molecule has 1 aromatic heterocycles. The zero-order valence-electron chi connectivity index (χ0n) is 17.3. The van der Waals surface area contributed by atoms with Gasteiger partial charge in [0.2, 0.25) is 5.88 Å². The Kier molecular flexibility index (Phi) is 6.08. The van der Waals surface area contributed by atoms with Crippen molar-refractivity contribution in [2.24, 2.45) is 5.73 Å². The van der Waals surface area contributed by atoms with Crippen LogP contribution < -0.4 is 16.0 Å². The molecule has 2 N–H and O–H groups in total. The van der Waals surface area contributed by atoms with E-state index in [0.717, 1.165) is 11.3 Å². The van der Waals surface area contributed by atoms with E-state index in [9.17, 15) is 9.59 Å². The van der Waals surface area contributed by atoms with Crippen molar-refractivity contribution < 1.29 is 14.3 Å². The number of ether oxygens (including phenoxy) is 2. The Labute approximate surface area is 170 Å². The highest BCUT2D eigenvalue weighted by molar-refractivity contribution is 5.92. The van der Waals surface area contributed by atoms with Crippen molar-refractivity contribution in [2.45, 2.75) is 26.3 Å². The molecular weight excluding hydrogens is 370 g/mol. The number of aryl methyl sites for hydroxylation is 1. The first-order chi connectivity index (χ1) is 13.8. The Morgan fingerprint density at radius 2 is 1.97 bits per heavy atom. The molecule has 0 saturated heterocycles. The molecule has 29 heavy (non-hydrogen) atoms. The molecule has 7 heteroatoms. The molecule has 0 fully saturated rings. The quantitative estimate of drug-likeness (QED) is 0.750. The smallest absolute Gasteiger partial charge is 0.340 e. The number of hydrogen-bond acceptors (Lipinski definition) is 6. The number of benzene rings is 1. The van der Waals surface area contributed by atoms with Crippen LogP contribution in [0, 0.1) is 6.92 Å². The number of nitrogens with two attached hydrogens (primary N) is 1. The Bertz CT molecular complexity index is 993. The van der Waals surface area contributed by atoms with Crippen molar-refractivity contribution >= 4 is 5.97 Å². The van der Waals surface area contributed by atoms with E-state index in [4.69, 9.17) is 15.2 Å². The van der Waals surface area contributed by atoms with Crippen molar-refractivity contribution in [1.29, 1.82) is 0 Å². The number of esters is 1. The van der Waals surface area contributed by atoms with E-state index in [2.05, 4.69) is 0 Å². The zero-order chi connectivity index (χ0) is 21.1. The number of rotatable bonds is 6. The van der Waals surface area contributed by atoms with Crippen LogP contribution in [-0.4, -0.2) is 42.7 Å². The summed E-state index contributed by atoms with van der Waals surface area (Å²) < 4.78 is 12.7. The third-order valence-corrected chi connectivity index (χ3v) is 4.97. The number of likely N-dealkylation sites (N-methyl/N-ethyl adjacent to an activating group) is 1. The summed E-state index contributed by atoms with van der Waals surface area (Å²) in [5, 5.41) is 0. The fourth-order valence-corrected chi connectivity index (χ4v) is 3.55. The van der Waals surface area contributed by atoms with Gasteiger partial charge in [0, 0.05) is 24.8 Å². The van der Waals surface area contributed by atoms with E-state index in [1.807, 2.05) is 56.3 Å². The molecule has 0 amide bonds. The molecule has 154 valence electrons. The summed E-state index contributed by atoms with van der Waals surface area (Å²) in [6.45, 7) is 5.02. The predicted molar refractivity (Wildman–Crippen MR) is 111 cm³/mol. The van der Waals surface area contributed by atoms with Gasteiger partial charge in [0.15, 0.2) is 0 Å². The van der Waals surface area contributed by atoms with Gasteiger partial charge in [0.05, 0.1) is 18.1 Å². The molecule has 0 unspecified atom stereocenters. The number of nitrogens with zero attached hydrogens (tertiary/aromatic N) is 2. The second kappa shape index (κ2) is 8.53. The van der Waals surface area contributed by atoms with Crippen LogP contribution in [0.15, 0.2) is 52.6 Å². The van der Waals surface area contributed by atoms with E-state index >= 15 is 0 Å². The van der Waals surface area contributed by atoms with E-state index < -0.39 is 11.9 Å². The highest BCUT2D eigenvalue weighted by Crippen LogP contribution is 2.41. The van der Waals surface area contributed by atoms with Gasteiger partial charge in [0.25, 0.3) is 5.56 Å². The molecule has 2 aromatic rings. The van der Waals surface area contributed by atoms with Crippen LogP contribution in [0.1, 0.15) is 29.7 Å². The van der Waals surface area contributed by atoms with Gasteiger partial charge in [-0.2, -0.15) is 0 Å². The number of carbonyl (C=O) groups is 1. The lowest BCUT2D eigenvalue weighted by Gasteiger charge is -2.29. The van der Waals surface area contributed by atoms with E-state index in [1.165, 1.54) is 0 Å². The molecule has 7 nitrogen and oxygen atoms in total. The maximum absolute atomic E-state index is 13.5. The van der Waals surface area contributed by atoms with Crippen LogP contribution in [0.2, 0.25) is 0 Å². The maximum Gasteiger partial charge on any atom is 0.340 e. The van der Waals surface area contributed by atoms with Crippen LogP contribution in [0.3, 0.4) is 0 Å². The Hall–Kier alpha value is -3.06. The lowest BCUT2D eigenvalue weighted by atomic mass is 9.83. The van der Waals surface area contributed by atoms with Gasteiger partial charge in [-0.15, -0.1) is 0 Å². The third kappa shape index (κ3) is 4.05. The van der Waals surface area contributed by atoms with Gasteiger partial charge in [-0.05, 0) is 33.5 Å². The van der Waals surface area contributed by atoms with Gasteiger partial charge >= 0.3 is 5.97 Å². The van der Waals surface area contributed by atoms with Crippen LogP contribution in [-0.2, 0) is 16.1 Å². The first-order valence-corrected chi connectivity index (χ1v) is 9.63. The molecule has 1 atom stereocenters. The van der Waals surface area contributed by atoms with Gasteiger partial charge in [0.1, 0.15) is 11.3 Å². The van der Waals surface area contributed by atoms with E-state index in [1.54, 1.807) is 17.6 Å². The largest absolute Gasteiger partial charge is 0.462 e. The SMILES string of the molecule is CCOC(=O)C1=C(N)Oc2cc(C)n(CCN(C)C)c(=O)c2[C@@H]1c1ccccc1. The summed E-state index contributed by atoms with van der Waals surface area (Å²) in [6, 6.07) is 11.2. The fourth-order valence-electron chi connectivity index (χ4n) is 3.55. The molecule has 0 aliphatic carbocycles. The van der Waals surface area contributed by atoms with Crippen molar-refractivity contribution in [1.82, 2.24) is 9.47 Å². The minimum Gasteiger partial charge on any atom is -0.462 e. The highest BCUT2D eigenvalue weighted by atomic mass is 16.5. The Balaban J connectivity index is 2.23. The first-order valence-electron chi connectivity index (χ1n) is 9.63. The molecule has 2 heterocycles. The van der Waals surface area contributed by atoms with Crippen LogP contribution in [0.4, 0.5) is 0 Å². The lowest BCUT2D eigenvalue weighted by Crippen LogP contribution is -2.36. The second-order valence-corrected chi connectivity index (χ2v) is 7.27. The topological polar surface area (TPSA) is 86.8 Å². The van der Waals surface area contributed by atoms with Gasteiger partial charge in [-0.25, -0.2) is 4.79 Å². The minimum atomic E-state index is -0.655. The van der Waals surface area contributed by atoms with Crippen molar-refractivity contribution in [2.75, 3.05) is 27.2 Å². The average Bonchev–Trinajstić information content (AvgIpc) is 2.67. The normalized spacial score (nSPS) is 15.8. The number of fused-ring (bicyclic) bond motifs is 1. The van der Waals surface area contributed by atoms with Crippen LogP contribution in [0.5, 0.6) is 5.75 Å². The summed E-state index contributed by atoms with van der Waals surface area (Å²) in [7, 11) is 3.91. The molecule has 0 saturated carbocycles. The maximum atomic E-state index is 13.5. The monoisotopic (exact) mass is 397 g/mol. The number of pyridine rings is 1. The fraction of sp³-hybridized carbons (Fsp3) is 0.364. The molecule has 1 aliphatic rings. The van der Waals surface area contributed by atoms with Gasteiger partial charge in [-0.3, -0.25) is 4.79 Å². The van der Waals surface area contributed by atoms with Gasteiger partial charge in [-0.1, -0.05) is 30.3 Å². The third-order valence-electron chi connectivity index (χ3n) is 4.97. The Morgan fingerprint density at radius 1 is 1.28 bits per heavy atom. The number of carbonyl (C=O) groups excluding carboxylic acids is 1. The number of hydrogen-bond donors (Lipinski definition) is 1.